The molecule has 1 aliphatic carbocycles. The fraction of sp³-hybridized carbons (Fsp3) is 0.929. The average Bonchev–Trinajstić information content (AvgIpc) is 2.27. The van der Waals surface area contributed by atoms with Gasteiger partial charge < -0.3 is 9.84 Å². The maximum Gasteiger partial charge on any atom is 0.329 e. The summed E-state index contributed by atoms with van der Waals surface area (Å²) in [5.41, 5.74) is -0.236. The monoisotopic (exact) mass is 255 g/mol. The Morgan fingerprint density at radius 3 is 2.50 bits per heavy atom. The molecule has 0 spiro atoms. The van der Waals surface area contributed by atoms with Gasteiger partial charge >= 0.3 is 5.97 Å². The Morgan fingerprint density at radius 2 is 1.94 bits per heavy atom. The first kappa shape index (κ1) is 13.8. The highest BCUT2D eigenvalue weighted by molar-refractivity contribution is 5.68. The van der Waals surface area contributed by atoms with E-state index in [1.807, 2.05) is 6.92 Å². The molecule has 0 amide bonds. The van der Waals surface area contributed by atoms with Gasteiger partial charge in [-0.05, 0) is 31.6 Å². The van der Waals surface area contributed by atoms with E-state index in [0.29, 0.717) is 0 Å². The fourth-order valence-corrected chi connectivity index (χ4v) is 3.23. The maximum absolute atomic E-state index is 10.5. The lowest BCUT2D eigenvalue weighted by Crippen LogP contribution is -2.62. The molecule has 0 radical (unpaired) electrons. The van der Waals surface area contributed by atoms with Crippen LogP contribution in [0.2, 0.25) is 0 Å². The molecule has 0 aromatic heterocycles. The van der Waals surface area contributed by atoms with Crippen molar-refractivity contribution in [1.82, 2.24) is 4.90 Å². The Morgan fingerprint density at radius 1 is 1.33 bits per heavy atom. The number of carboxylic acid groups (broad SMARTS) is 1. The standard InChI is InChI=1S/C14H25NO3/c1-11-3-5-12(6-4-11)7-15-9-14(2,10-15)18-8-13(16)17/h11-12H,3-10H2,1-2H3,(H,16,17). The predicted octanol–water partition coefficient (Wildman–Crippen LogP) is 1.99. The molecule has 1 N–H and O–H groups in total. The van der Waals surface area contributed by atoms with E-state index >= 15 is 0 Å². The van der Waals surface area contributed by atoms with Crippen molar-refractivity contribution in [2.45, 2.75) is 45.1 Å². The van der Waals surface area contributed by atoms with E-state index in [1.165, 1.54) is 32.2 Å². The van der Waals surface area contributed by atoms with Gasteiger partial charge in [0.2, 0.25) is 0 Å². The van der Waals surface area contributed by atoms with Gasteiger partial charge in [0.15, 0.2) is 0 Å². The molecule has 2 aliphatic rings. The zero-order chi connectivity index (χ0) is 13.2. The molecule has 1 aliphatic heterocycles. The molecule has 4 heteroatoms. The molecular formula is C14H25NO3. The van der Waals surface area contributed by atoms with Crippen molar-refractivity contribution in [1.29, 1.82) is 0 Å². The summed E-state index contributed by atoms with van der Waals surface area (Å²) in [4.78, 5) is 12.9. The first-order valence-corrected chi connectivity index (χ1v) is 7.05. The molecule has 104 valence electrons. The van der Waals surface area contributed by atoms with Gasteiger partial charge in [-0.25, -0.2) is 4.79 Å². The number of rotatable bonds is 5. The summed E-state index contributed by atoms with van der Waals surface area (Å²) in [6.07, 6.45) is 5.44. The van der Waals surface area contributed by atoms with E-state index in [1.54, 1.807) is 0 Å². The van der Waals surface area contributed by atoms with Crippen molar-refractivity contribution in [3.63, 3.8) is 0 Å². The van der Waals surface area contributed by atoms with Crippen LogP contribution in [0.5, 0.6) is 0 Å². The largest absolute Gasteiger partial charge is 0.480 e. The summed E-state index contributed by atoms with van der Waals surface area (Å²) in [6.45, 7) is 7.11. The third kappa shape index (κ3) is 3.69. The lowest BCUT2D eigenvalue weighted by atomic mass is 9.82. The lowest BCUT2D eigenvalue weighted by Gasteiger charge is -2.49. The minimum Gasteiger partial charge on any atom is -0.480 e. The molecule has 18 heavy (non-hydrogen) atoms. The first-order chi connectivity index (χ1) is 8.47. The summed E-state index contributed by atoms with van der Waals surface area (Å²) in [5, 5.41) is 8.61. The van der Waals surface area contributed by atoms with Crippen LogP contribution >= 0.6 is 0 Å². The van der Waals surface area contributed by atoms with Crippen molar-refractivity contribution >= 4 is 5.97 Å². The van der Waals surface area contributed by atoms with Crippen LogP contribution in [0.3, 0.4) is 0 Å². The predicted molar refractivity (Wildman–Crippen MR) is 69.6 cm³/mol. The summed E-state index contributed by atoms with van der Waals surface area (Å²) >= 11 is 0. The van der Waals surface area contributed by atoms with E-state index in [4.69, 9.17) is 9.84 Å². The summed E-state index contributed by atoms with van der Waals surface area (Å²) in [5.74, 6) is 0.864. The third-order valence-electron chi connectivity index (χ3n) is 4.31. The minimum absolute atomic E-state index is 0.175. The van der Waals surface area contributed by atoms with E-state index in [9.17, 15) is 4.79 Å². The quantitative estimate of drug-likeness (QED) is 0.816. The van der Waals surface area contributed by atoms with Crippen LogP contribution in [0.1, 0.15) is 39.5 Å². The van der Waals surface area contributed by atoms with Gasteiger partial charge in [-0.1, -0.05) is 19.8 Å². The van der Waals surface area contributed by atoms with Crippen LogP contribution in [-0.4, -0.2) is 47.8 Å². The van der Waals surface area contributed by atoms with Gasteiger partial charge in [-0.2, -0.15) is 0 Å². The number of hydrogen-bond donors (Lipinski definition) is 1. The van der Waals surface area contributed by atoms with Crippen molar-refractivity contribution in [3.05, 3.63) is 0 Å². The zero-order valence-electron chi connectivity index (χ0n) is 11.5. The second kappa shape index (κ2) is 5.57. The van der Waals surface area contributed by atoms with Crippen molar-refractivity contribution in [3.8, 4) is 0 Å². The molecule has 1 heterocycles. The Hall–Kier alpha value is -0.610. The highest BCUT2D eigenvalue weighted by Crippen LogP contribution is 2.32. The number of likely N-dealkylation sites (tertiary alicyclic amines) is 1. The topological polar surface area (TPSA) is 49.8 Å². The smallest absolute Gasteiger partial charge is 0.329 e. The van der Waals surface area contributed by atoms with Gasteiger partial charge in [0.1, 0.15) is 6.61 Å². The number of hydrogen-bond acceptors (Lipinski definition) is 3. The Kier molecular flexibility index (Phi) is 4.28. The highest BCUT2D eigenvalue weighted by Gasteiger charge is 2.40. The van der Waals surface area contributed by atoms with Gasteiger partial charge in [-0.15, -0.1) is 0 Å². The number of carboxylic acids is 1. The molecule has 2 fully saturated rings. The van der Waals surface area contributed by atoms with Gasteiger partial charge in [0, 0.05) is 19.6 Å². The molecule has 0 bridgehead atoms. The molecule has 0 aromatic carbocycles. The molecular weight excluding hydrogens is 230 g/mol. The van der Waals surface area contributed by atoms with Crippen LogP contribution < -0.4 is 0 Å². The van der Waals surface area contributed by atoms with Crippen LogP contribution in [-0.2, 0) is 9.53 Å². The highest BCUT2D eigenvalue weighted by atomic mass is 16.5. The second-order valence-corrected chi connectivity index (χ2v) is 6.43. The molecule has 1 saturated carbocycles. The van der Waals surface area contributed by atoms with Gasteiger partial charge in [0.05, 0.1) is 5.60 Å². The third-order valence-corrected chi connectivity index (χ3v) is 4.31. The van der Waals surface area contributed by atoms with Crippen LogP contribution in [0.4, 0.5) is 0 Å². The zero-order valence-corrected chi connectivity index (χ0v) is 11.5. The molecule has 4 nitrogen and oxygen atoms in total. The van der Waals surface area contributed by atoms with Gasteiger partial charge in [0.25, 0.3) is 0 Å². The number of carbonyl (C=O) groups is 1. The Bertz CT molecular complexity index is 291. The van der Waals surface area contributed by atoms with E-state index in [-0.39, 0.29) is 12.2 Å². The number of ether oxygens (including phenoxy) is 1. The van der Waals surface area contributed by atoms with E-state index < -0.39 is 5.97 Å². The molecule has 0 unspecified atom stereocenters. The van der Waals surface area contributed by atoms with Crippen molar-refractivity contribution < 1.29 is 14.6 Å². The van der Waals surface area contributed by atoms with Crippen LogP contribution in [0, 0.1) is 11.8 Å². The molecule has 0 atom stereocenters. The number of aliphatic carboxylic acids is 1. The van der Waals surface area contributed by atoms with Crippen molar-refractivity contribution in [2.75, 3.05) is 26.2 Å². The molecule has 2 rings (SSSR count). The first-order valence-electron chi connectivity index (χ1n) is 7.05. The van der Waals surface area contributed by atoms with Crippen LogP contribution in [0.15, 0.2) is 0 Å². The Balaban J connectivity index is 1.65. The maximum atomic E-state index is 10.5. The molecule has 0 aromatic rings. The Labute approximate surface area is 109 Å². The number of nitrogens with zero attached hydrogens (tertiary/aromatic N) is 1. The SMILES string of the molecule is CC1CCC(CN2CC(C)(OCC(=O)O)C2)CC1. The second-order valence-electron chi connectivity index (χ2n) is 6.43. The summed E-state index contributed by atoms with van der Waals surface area (Å²) < 4.78 is 5.42. The summed E-state index contributed by atoms with van der Waals surface area (Å²) in [7, 11) is 0. The molecule has 1 saturated heterocycles. The van der Waals surface area contributed by atoms with E-state index in [0.717, 1.165) is 24.9 Å². The average molecular weight is 255 g/mol. The van der Waals surface area contributed by atoms with Crippen molar-refractivity contribution in [2.24, 2.45) is 11.8 Å². The van der Waals surface area contributed by atoms with Gasteiger partial charge in [-0.3, -0.25) is 4.90 Å². The minimum atomic E-state index is -0.879. The summed E-state index contributed by atoms with van der Waals surface area (Å²) in [6, 6.07) is 0. The van der Waals surface area contributed by atoms with Crippen LogP contribution in [0.25, 0.3) is 0 Å². The fourth-order valence-electron chi connectivity index (χ4n) is 3.23. The lowest BCUT2D eigenvalue weighted by molar-refractivity contribution is -0.166. The van der Waals surface area contributed by atoms with E-state index in [2.05, 4.69) is 11.8 Å². The normalized spacial score (nSPS) is 31.9.